The molecule has 3 rings (SSSR count). The van der Waals surface area contributed by atoms with E-state index < -0.39 is 0 Å². The van der Waals surface area contributed by atoms with E-state index in [0.29, 0.717) is 16.5 Å². The number of carbonyl (C=O) groups is 1. The Morgan fingerprint density at radius 3 is 2.52 bits per heavy atom. The lowest BCUT2D eigenvalue weighted by atomic mass is 10.0. The molecule has 1 heterocycles. The fourth-order valence-corrected chi connectivity index (χ4v) is 4.50. The van der Waals surface area contributed by atoms with Crippen molar-refractivity contribution in [2.24, 2.45) is 0 Å². The molecule has 1 aliphatic heterocycles. The van der Waals surface area contributed by atoms with E-state index in [9.17, 15) is 4.79 Å². The molecule has 1 amide bonds. The molecule has 0 aliphatic carbocycles. The predicted octanol–water partition coefficient (Wildman–Crippen LogP) is 5.20. The normalized spacial score (nSPS) is 17.6. The number of nitrogens with zero attached hydrogens (tertiary/aromatic N) is 1. The van der Waals surface area contributed by atoms with Crippen molar-refractivity contribution in [3.8, 4) is 11.5 Å². The molecular weight excluding hydrogens is 382 g/mol. The van der Waals surface area contributed by atoms with Crippen LogP contribution >= 0.6 is 23.4 Å². The zero-order valence-corrected chi connectivity index (χ0v) is 17.3. The highest BCUT2D eigenvalue weighted by Gasteiger charge is 2.33. The molecular formula is C21H24ClNO3S. The van der Waals surface area contributed by atoms with Crippen LogP contribution in [0.3, 0.4) is 0 Å². The summed E-state index contributed by atoms with van der Waals surface area (Å²) in [4.78, 5) is 16.1. The van der Waals surface area contributed by atoms with Gasteiger partial charge in [0, 0.05) is 16.5 Å². The molecule has 0 saturated carbocycles. The fourth-order valence-electron chi connectivity index (χ4n) is 3.44. The summed E-state index contributed by atoms with van der Waals surface area (Å²) in [6, 6.07) is 13.6. The van der Waals surface area contributed by atoms with Crippen LogP contribution < -0.4 is 9.47 Å². The number of thioether (sulfide) groups is 1. The van der Waals surface area contributed by atoms with Gasteiger partial charge in [0.1, 0.15) is 0 Å². The standard InChI is InChI=1S/C21H24ClNO3S/c1-14(27-17-9-7-16(22)8-10-17)21(24)23-12-4-5-18(23)15-6-11-19(25-2)20(13-15)26-3/h6-11,13-14,18H,4-5,12H2,1-3H3/t14-,18+/m1/s1. The first kappa shape index (κ1) is 19.9. The Hall–Kier alpha value is -1.85. The molecule has 6 heteroatoms. The van der Waals surface area contributed by atoms with Crippen molar-refractivity contribution in [2.45, 2.75) is 36.0 Å². The third kappa shape index (κ3) is 4.53. The molecule has 0 N–H and O–H groups in total. The molecule has 0 radical (unpaired) electrons. The highest BCUT2D eigenvalue weighted by Crippen LogP contribution is 2.38. The summed E-state index contributed by atoms with van der Waals surface area (Å²) in [5, 5.41) is 0.540. The molecule has 27 heavy (non-hydrogen) atoms. The molecule has 1 fully saturated rings. The van der Waals surface area contributed by atoms with Gasteiger partial charge >= 0.3 is 0 Å². The van der Waals surface area contributed by atoms with Gasteiger partial charge in [-0.3, -0.25) is 4.79 Å². The van der Waals surface area contributed by atoms with E-state index in [1.165, 1.54) is 0 Å². The maximum absolute atomic E-state index is 13.1. The molecule has 2 aromatic carbocycles. The van der Waals surface area contributed by atoms with Crippen LogP contribution in [0.1, 0.15) is 31.4 Å². The second-order valence-electron chi connectivity index (χ2n) is 6.52. The molecule has 0 unspecified atom stereocenters. The van der Waals surface area contributed by atoms with Gasteiger partial charge in [-0.1, -0.05) is 17.7 Å². The Balaban J connectivity index is 1.75. The lowest BCUT2D eigenvalue weighted by Gasteiger charge is -2.28. The molecule has 4 nitrogen and oxygen atoms in total. The second kappa shape index (κ2) is 8.89. The maximum atomic E-state index is 13.1. The number of methoxy groups -OCH3 is 2. The first-order chi connectivity index (χ1) is 13.0. The number of likely N-dealkylation sites (tertiary alicyclic amines) is 1. The van der Waals surface area contributed by atoms with Crippen LogP contribution in [0.2, 0.25) is 5.02 Å². The molecule has 0 spiro atoms. The van der Waals surface area contributed by atoms with E-state index in [1.54, 1.807) is 26.0 Å². The van der Waals surface area contributed by atoms with Crippen LogP contribution in [0.15, 0.2) is 47.4 Å². The van der Waals surface area contributed by atoms with E-state index in [4.69, 9.17) is 21.1 Å². The average molecular weight is 406 g/mol. The quantitative estimate of drug-likeness (QED) is 0.619. The van der Waals surface area contributed by atoms with Crippen molar-refractivity contribution in [3.05, 3.63) is 53.1 Å². The van der Waals surface area contributed by atoms with Crippen molar-refractivity contribution in [2.75, 3.05) is 20.8 Å². The van der Waals surface area contributed by atoms with Crippen LogP contribution in [0, 0.1) is 0 Å². The molecule has 1 saturated heterocycles. The second-order valence-corrected chi connectivity index (χ2v) is 8.37. The van der Waals surface area contributed by atoms with Crippen molar-refractivity contribution in [1.29, 1.82) is 0 Å². The van der Waals surface area contributed by atoms with Gasteiger partial charge in [0.05, 0.1) is 25.5 Å². The average Bonchev–Trinajstić information content (AvgIpc) is 3.18. The van der Waals surface area contributed by atoms with Crippen LogP contribution in [0.5, 0.6) is 11.5 Å². The molecule has 144 valence electrons. The van der Waals surface area contributed by atoms with Gasteiger partial charge in [-0.05, 0) is 61.7 Å². The van der Waals surface area contributed by atoms with Gasteiger partial charge < -0.3 is 14.4 Å². The molecule has 0 bridgehead atoms. The van der Waals surface area contributed by atoms with Crippen molar-refractivity contribution < 1.29 is 14.3 Å². The van der Waals surface area contributed by atoms with Crippen LogP contribution in [-0.4, -0.2) is 36.8 Å². The van der Waals surface area contributed by atoms with E-state index in [0.717, 1.165) is 29.8 Å². The number of ether oxygens (including phenoxy) is 2. The topological polar surface area (TPSA) is 38.8 Å². The first-order valence-corrected chi connectivity index (χ1v) is 10.2. The van der Waals surface area contributed by atoms with E-state index >= 15 is 0 Å². The number of carbonyl (C=O) groups excluding carboxylic acids is 1. The third-order valence-corrected chi connectivity index (χ3v) is 6.15. The molecule has 2 aromatic rings. The zero-order chi connectivity index (χ0) is 19.4. The minimum atomic E-state index is -0.160. The summed E-state index contributed by atoms with van der Waals surface area (Å²) >= 11 is 7.51. The number of benzene rings is 2. The summed E-state index contributed by atoms with van der Waals surface area (Å²) < 4.78 is 10.7. The predicted molar refractivity (Wildman–Crippen MR) is 110 cm³/mol. The Bertz CT molecular complexity index is 797. The summed E-state index contributed by atoms with van der Waals surface area (Å²) in [5.74, 6) is 1.55. The Kier molecular flexibility index (Phi) is 6.55. The fraction of sp³-hybridized carbons (Fsp3) is 0.381. The lowest BCUT2D eigenvalue weighted by molar-refractivity contribution is -0.131. The molecule has 1 aliphatic rings. The van der Waals surface area contributed by atoms with E-state index in [1.807, 2.05) is 54.3 Å². The SMILES string of the molecule is COc1ccc([C@@H]2CCCN2C(=O)[C@@H](C)Sc2ccc(Cl)cc2)cc1OC. The minimum Gasteiger partial charge on any atom is -0.493 e. The number of amides is 1. The van der Waals surface area contributed by atoms with Gasteiger partial charge in [-0.25, -0.2) is 0 Å². The van der Waals surface area contributed by atoms with Crippen molar-refractivity contribution in [1.82, 2.24) is 4.90 Å². The summed E-state index contributed by atoms with van der Waals surface area (Å²) in [6.07, 6.45) is 1.96. The number of halogens is 1. The molecule has 0 aromatic heterocycles. The van der Waals surface area contributed by atoms with Gasteiger partial charge in [-0.15, -0.1) is 11.8 Å². The van der Waals surface area contributed by atoms with Gasteiger partial charge in [0.25, 0.3) is 0 Å². The number of hydrogen-bond acceptors (Lipinski definition) is 4. The number of hydrogen-bond donors (Lipinski definition) is 0. The Morgan fingerprint density at radius 1 is 1.15 bits per heavy atom. The summed E-state index contributed by atoms with van der Waals surface area (Å²) in [7, 11) is 3.25. The Morgan fingerprint density at radius 2 is 1.85 bits per heavy atom. The van der Waals surface area contributed by atoms with E-state index in [2.05, 4.69) is 0 Å². The number of rotatable bonds is 6. The van der Waals surface area contributed by atoms with Crippen molar-refractivity contribution in [3.63, 3.8) is 0 Å². The van der Waals surface area contributed by atoms with E-state index in [-0.39, 0.29) is 17.2 Å². The van der Waals surface area contributed by atoms with Crippen LogP contribution in [0.4, 0.5) is 0 Å². The zero-order valence-electron chi connectivity index (χ0n) is 15.8. The monoisotopic (exact) mass is 405 g/mol. The van der Waals surface area contributed by atoms with Crippen LogP contribution in [-0.2, 0) is 4.79 Å². The third-order valence-electron chi connectivity index (χ3n) is 4.80. The first-order valence-electron chi connectivity index (χ1n) is 8.98. The summed E-state index contributed by atoms with van der Waals surface area (Å²) in [5.41, 5.74) is 1.09. The highest BCUT2D eigenvalue weighted by atomic mass is 35.5. The lowest BCUT2D eigenvalue weighted by Crippen LogP contribution is -2.36. The Labute approximate surface area is 169 Å². The minimum absolute atomic E-state index is 0.0746. The van der Waals surface area contributed by atoms with Crippen molar-refractivity contribution >= 4 is 29.3 Å². The largest absolute Gasteiger partial charge is 0.493 e. The van der Waals surface area contributed by atoms with Crippen LogP contribution in [0.25, 0.3) is 0 Å². The van der Waals surface area contributed by atoms with Gasteiger partial charge in [0.2, 0.25) is 5.91 Å². The molecule has 2 atom stereocenters. The highest BCUT2D eigenvalue weighted by molar-refractivity contribution is 8.00. The van der Waals surface area contributed by atoms with Gasteiger partial charge in [-0.2, -0.15) is 0 Å². The summed E-state index contributed by atoms with van der Waals surface area (Å²) in [6.45, 7) is 2.74. The maximum Gasteiger partial charge on any atom is 0.236 e. The van der Waals surface area contributed by atoms with Gasteiger partial charge in [0.15, 0.2) is 11.5 Å². The smallest absolute Gasteiger partial charge is 0.236 e.